The topological polar surface area (TPSA) is 37.8 Å². The molecule has 3 nitrogen and oxygen atoms in total. The highest BCUT2D eigenvalue weighted by molar-refractivity contribution is 7.09. The van der Waals surface area contributed by atoms with E-state index in [4.69, 9.17) is 0 Å². The molecule has 2 aromatic rings. The lowest BCUT2D eigenvalue weighted by Gasteiger charge is -2.31. The van der Waals surface area contributed by atoms with Gasteiger partial charge in [0.05, 0.1) is 6.04 Å². The average Bonchev–Trinajstić information content (AvgIpc) is 2.72. The first kappa shape index (κ1) is 13.0. The predicted octanol–water partition coefficient (Wildman–Crippen LogP) is 4.05. The van der Waals surface area contributed by atoms with Gasteiger partial charge in [-0.15, -0.1) is 0 Å². The summed E-state index contributed by atoms with van der Waals surface area (Å²) in [6.07, 6.45) is 0. The van der Waals surface area contributed by atoms with Crippen LogP contribution in [0.15, 0.2) is 30.3 Å². The highest BCUT2D eigenvalue weighted by Gasteiger charge is 2.26. The number of benzene rings is 1. The lowest BCUT2D eigenvalue weighted by molar-refractivity contribution is 0.347. The Labute approximate surface area is 112 Å². The molecule has 2 rings (SSSR count). The molecule has 1 heterocycles. The molecule has 96 valence electrons. The van der Waals surface area contributed by atoms with Crippen LogP contribution in [0.5, 0.6) is 0 Å². The van der Waals surface area contributed by atoms with Crippen LogP contribution < -0.4 is 5.32 Å². The van der Waals surface area contributed by atoms with Gasteiger partial charge in [-0.2, -0.15) is 4.37 Å². The third-order valence-electron chi connectivity index (χ3n) is 2.79. The monoisotopic (exact) mass is 261 g/mol. The van der Waals surface area contributed by atoms with E-state index in [0.717, 1.165) is 11.0 Å². The van der Waals surface area contributed by atoms with Crippen molar-refractivity contribution in [1.82, 2.24) is 9.36 Å². The molecule has 1 aromatic carbocycles. The fourth-order valence-electron chi connectivity index (χ4n) is 1.92. The van der Waals surface area contributed by atoms with Gasteiger partial charge in [0.1, 0.15) is 5.82 Å². The largest absolute Gasteiger partial charge is 0.353 e. The van der Waals surface area contributed by atoms with Crippen molar-refractivity contribution in [2.24, 2.45) is 5.41 Å². The first-order chi connectivity index (χ1) is 8.47. The number of hydrogen-bond donors (Lipinski definition) is 1. The van der Waals surface area contributed by atoms with Crippen LogP contribution in [0.3, 0.4) is 0 Å². The maximum absolute atomic E-state index is 4.39. The summed E-state index contributed by atoms with van der Waals surface area (Å²) in [6.45, 7) is 8.60. The van der Waals surface area contributed by atoms with Crippen molar-refractivity contribution in [3.63, 3.8) is 0 Å². The second kappa shape index (κ2) is 5.06. The van der Waals surface area contributed by atoms with Crippen LogP contribution in [0, 0.1) is 12.3 Å². The molecular weight excluding hydrogens is 242 g/mol. The van der Waals surface area contributed by atoms with Gasteiger partial charge in [-0.05, 0) is 17.9 Å². The minimum absolute atomic E-state index is 0.112. The van der Waals surface area contributed by atoms with Gasteiger partial charge in [0.25, 0.3) is 0 Å². The van der Waals surface area contributed by atoms with Gasteiger partial charge < -0.3 is 5.32 Å². The summed E-state index contributed by atoms with van der Waals surface area (Å²) in [5.74, 6) is 0.822. The van der Waals surface area contributed by atoms with E-state index in [1.807, 2.05) is 13.0 Å². The summed E-state index contributed by atoms with van der Waals surface area (Å²) >= 11 is 1.42. The number of nitrogens with one attached hydrogen (secondary N) is 1. The number of aryl methyl sites for hydroxylation is 1. The van der Waals surface area contributed by atoms with Crippen molar-refractivity contribution in [3.8, 4) is 0 Å². The maximum Gasteiger partial charge on any atom is 0.203 e. The zero-order valence-electron chi connectivity index (χ0n) is 11.3. The Balaban J connectivity index is 2.27. The molecule has 0 aliphatic heterocycles. The number of nitrogens with zero attached hydrogens (tertiary/aromatic N) is 2. The van der Waals surface area contributed by atoms with Gasteiger partial charge in [-0.1, -0.05) is 51.1 Å². The van der Waals surface area contributed by atoms with E-state index in [0.29, 0.717) is 0 Å². The molecule has 0 spiro atoms. The van der Waals surface area contributed by atoms with Gasteiger partial charge in [0, 0.05) is 11.5 Å². The van der Waals surface area contributed by atoms with Crippen LogP contribution in [0.1, 0.15) is 38.2 Å². The molecule has 1 atom stereocenters. The predicted molar refractivity (Wildman–Crippen MR) is 76.9 cm³/mol. The highest BCUT2D eigenvalue weighted by atomic mass is 32.1. The molecule has 1 aromatic heterocycles. The van der Waals surface area contributed by atoms with Crippen molar-refractivity contribution in [3.05, 3.63) is 41.7 Å². The number of rotatable bonds is 3. The number of hydrogen-bond acceptors (Lipinski definition) is 4. The van der Waals surface area contributed by atoms with Crippen LogP contribution in [-0.4, -0.2) is 9.36 Å². The Morgan fingerprint density at radius 1 is 1.17 bits per heavy atom. The summed E-state index contributed by atoms with van der Waals surface area (Å²) in [6, 6.07) is 10.7. The van der Waals surface area contributed by atoms with Gasteiger partial charge in [0.15, 0.2) is 0 Å². The van der Waals surface area contributed by atoms with Crippen molar-refractivity contribution < 1.29 is 0 Å². The fraction of sp³-hybridized carbons (Fsp3) is 0.429. The van der Waals surface area contributed by atoms with Gasteiger partial charge in [-0.3, -0.25) is 0 Å². The van der Waals surface area contributed by atoms with E-state index in [1.54, 1.807) is 0 Å². The summed E-state index contributed by atoms with van der Waals surface area (Å²) < 4.78 is 4.21. The standard InChI is InChI=1S/C14H19N3S/c1-10-15-13(18-17-10)16-12(14(2,3)4)11-8-6-5-7-9-11/h5-9,12H,1-4H3,(H,15,16,17). The van der Waals surface area contributed by atoms with E-state index in [1.165, 1.54) is 17.1 Å². The third kappa shape index (κ3) is 3.07. The van der Waals surface area contributed by atoms with Crippen LogP contribution in [0.25, 0.3) is 0 Å². The van der Waals surface area contributed by atoms with Crippen LogP contribution in [0.2, 0.25) is 0 Å². The average molecular weight is 261 g/mol. The minimum Gasteiger partial charge on any atom is -0.353 e. The second-order valence-corrected chi connectivity index (χ2v) is 6.25. The molecule has 0 bridgehead atoms. The maximum atomic E-state index is 4.39. The van der Waals surface area contributed by atoms with E-state index in [9.17, 15) is 0 Å². The summed E-state index contributed by atoms with van der Waals surface area (Å²) in [4.78, 5) is 4.39. The van der Waals surface area contributed by atoms with Gasteiger partial charge in [0.2, 0.25) is 5.13 Å². The molecule has 0 aliphatic carbocycles. The van der Waals surface area contributed by atoms with E-state index in [2.05, 4.69) is 59.7 Å². The quantitative estimate of drug-likeness (QED) is 0.906. The van der Waals surface area contributed by atoms with Crippen molar-refractivity contribution in [2.45, 2.75) is 33.7 Å². The minimum atomic E-state index is 0.112. The SMILES string of the molecule is Cc1nsc(NC(c2ccccc2)C(C)(C)C)n1. The van der Waals surface area contributed by atoms with Crippen LogP contribution in [0.4, 0.5) is 5.13 Å². The molecule has 4 heteroatoms. The Morgan fingerprint density at radius 3 is 2.33 bits per heavy atom. The Kier molecular flexibility index (Phi) is 3.66. The first-order valence-corrected chi connectivity index (χ1v) is 6.86. The molecule has 0 aliphatic rings. The van der Waals surface area contributed by atoms with E-state index >= 15 is 0 Å². The smallest absolute Gasteiger partial charge is 0.203 e. The zero-order valence-corrected chi connectivity index (χ0v) is 12.1. The Bertz CT molecular complexity index is 499. The third-order valence-corrected chi connectivity index (χ3v) is 3.53. The fourth-order valence-corrected chi connectivity index (χ4v) is 2.53. The summed E-state index contributed by atoms with van der Waals surface area (Å²) in [5.41, 5.74) is 1.39. The second-order valence-electron chi connectivity index (χ2n) is 5.50. The normalized spacial score (nSPS) is 13.3. The molecule has 18 heavy (non-hydrogen) atoms. The molecule has 0 saturated heterocycles. The Morgan fingerprint density at radius 2 is 1.83 bits per heavy atom. The highest BCUT2D eigenvalue weighted by Crippen LogP contribution is 2.35. The molecule has 1 N–H and O–H groups in total. The van der Waals surface area contributed by atoms with Crippen molar-refractivity contribution >= 4 is 16.7 Å². The summed E-state index contributed by atoms with van der Waals surface area (Å²) in [5, 5.41) is 4.39. The molecule has 0 fully saturated rings. The van der Waals surface area contributed by atoms with Crippen LogP contribution >= 0.6 is 11.5 Å². The van der Waals surface area contributed by atoms with Gasteiger partial charge in [-0.25, -0.2) is 4.98 Å². The van der Waals surface area contributed by atoms with E-state index in [-0.39, 0.29) is 11.5 Å². The first-order valence-electron chi connectivity index (χ1n) is 6.08. The van der Waals surface area contributed by atoms with Crippen molar-refractivity contribution in [2.75, 3.05) is 5.32 Å². The lowest BCUT2D eigenvalue weighted by atomic mass is 9.82. The molecule has 0 radical (unpaired) electrons. The molecule has 0 amide bonds. The van der Waals surface area contributed by atoms with Crippen molar-refractivity contribution in [1.29, 1.82) is 0 Å². The number of aromatic nitrogens is 2. The van der Waals surface area contributed by atoms with Gasteiger partial charge >= 0.3 is 0 Å². The molecule has 0 saturated carbocycles. The zero-order chi connectivity index (χ0) is 13.2. The summed E-state index contributed by atoms with van der Waals surface area (Å²) in [7, 11) is 0. The molecule has 1 unspecified atom stereocenters. The number of anilines is 1. The lowest BCUT2D eigenvalue weighted by Crippen LogP contribution is -2.25. The van der Waals surface area contributed by atoms with Crippen LogP contribution in [-0.2, 0) is 0 Å². The molecular formula is C14H19N3S. The Hall–Kier alpha value is -1.42. The van der Waals surface area contributed by atoms with E-state index < -0.39 is 0 Å².